The fourth-order valence-electron chi connectivity index (χ4n) is 0.368. The first-order valence-electron chi connectivity index (χ1n) is 2.66. The van der Waals surface area contributed by atoms with E-state index in [-0.39, 0.29) is 5.00 Å². The average Bonchev–Trinajstić information content (AvgIpc) is 1.60. The molecule has 0 nitrogen and oxygen atoms in total. The van der Waals surface area contributed by atoms with Crippen molar-refractivity contribution in [3.8, 4) is 0 Å². The van der Waals surface area contributed by atoms with Crippen molar-refractivity contribution >= 4 is 63.7 Å². The van der Waals surface area contributed by atoms with Crippen molar-refractivity contribution in [2.45, 2.75) is 22.8 Å². The lowest BCUT2D eigenvalue weighted by Gasteiger charge is -2.18. The van der Waals surface area contributed by atoms with Crippen LogP contribution in [0, 0.1) is 0 Å². The quantitative estimate of drug-likeness (QED) is 0.410. The van der Waals surface area contributed by atoms with Gasteiger partial charge < -0.3 is 0 Å². The molecule has 1 unspecified atom stereocenters. The van der Waals surface area contributed by atoms with E-state index < -0.39 is 11.5 Å². The van der Waals surface area contributed by atoms with E-state index in [2.05, 4.69) is 0 Å². The van der Waals surface area contributed by atoms with E-state index in [1.54, 1.807) is 6.92 Å². The Morgan fingerprint density at radius 2 is 1.60 bits per heavy atom. The topological polar surface area (TPSA) is 0 Å². The maximum Gasteiger partial charge on any atom is 0.270 e. The van der Waals surface area contributed by atoms with Crippen LogP contribution in [-0.2, 0) is 0 Å². The number of halogens is 5. The van der Waals surface area contributed by atoms with Crippen molar-refractivity contribution in [2.75, 3.05) is 0 Å². The van der Waals surface area contributed by atoms with Gasteiger partial charge in [-0.05, 0) is 6.92 Å². The van der Waals surface area contributed by atoms with Crippen LogP contribution in [0.2, 0.25) is 6.04 Å². The van der Waals surface area contributed by atoms with Gasteiger partial charge in [0.15, 0.2) is 0 Å². The normalized spacial score (nSPS) is 15.9. The molecule has 0 amide bonds. The fraction of sp³-hybridized carbons (Fsp3) is 1.00. The molecule has 10 heavy (non-hydrogen) atoms. The summed E-state index contributed by atoms with van der Waals surface area (Å²) in [4.78, 5) is -0.511. The Balaban J connectivity index is 3.87. The van der Waals surface area contributed by atoms with Crippen molar-refractivity contribution in [3.63, 3.8) is 0 Å². The van der Waals surface area contributed by atoms with Gasteiger partial charge in [0.25, 0.3) is 6.69 Å². The lowest BCUT2D eigenvalue weighted by molar-refractivity contribution is 1.24. The molecule has 0 rings (SSSR count). The summed E-state index contributed by atoms with van der Waals surface area (Å²) in [5.74, 6) is 0. The van der Waals surface area contributed by atoms with Crippen LogP contribution in [0.25, 0.3) is 0 Å². The van der Waals surface area contributed by atoms with Crippen LogP contribution >= 0.6 is 57.0 Å². The second-order valence-corrected chi connectivity index (χ2v) is 11.7. The van der Waals surface area contributed by atoms with Gasteiger partial charge in [-0.2, -0.15) is 0 Å². The van der Waals surface area contributed by atoms with Crippen molar-refractivity contribution < 1.29 is 0 Å². The molecule has 0 radical (unpaired) electrons. The summed E-state index contributed by atoms with van der Waals surface area (Å²) in [6, 6.07) is 0.407. The van der Waals surface area contributed by atoms with E-state index in [0.717, 1.165) is 0 Å². The van der Waals surface area contributed by atoms with Crippen LogP contribution in [0.3, 0.4) is 0 Å². The van der Waals surface area contributed by atoms with Crippen molar-refractivity contribution in [2.24, 2.45) is 0 Å². The van der Waals surface area contributed by atoms with E-state index in [9.17, 15) is 0 Å². The third-order valence-electron chi connectivity index (χ3n) is 1.01. The van der Waals surface area contributed by atoms with E-state index in [0.29, 0.717) is 6.04 Å². The van der Waals surface area contributed by atoms with Crippen LogP contribution in [0.4, 0.5) is 0 Å². The van der Waals surface area contributed by atoms with Gasteiger partial charge in [-0.1, -0.05) is 0 Å². The monoisotopic (exact) mass is 258 g/mol. The number of alkyl halides is 3. The molecule has 0 aliphatic rings. The third kappa shape index (κ3) is 4.53. The zero-order valence-corrected chi connectivity index (χ0v) is 10.0. The van der Waals surface area contributed by atoms with Crippen LogP contribution < -0.4 is 0 Å². The number of hydrogen-bond acceptors (Lipinski definition) is 0. The van der Waals surface area contributed by atoms with Gasteiger partial charge >= 0.3 is 0 Å². The van der Waals surface area contributed by atoms with Gasteiger partial charge in [-0.3, -0.25) is 0 Å². The largest absolute Gasteiger partial charge is 0.270 e. The Bertz CT molecular complexity index is 102. The molecule has 0 N–H and O–H groups in total. The number of hydrogen-bond donors (Lipinski definition) is 0. The fourth-order valence-corrected chi connectivity index (χ4v) is 4.71. The Morgan fingerprint density at radius 3 is 1.70 bits per heavy atom. The minimum absolute atomic E-state index is 0.226. The Kier molecular flexibility index (Phi) is 5.41. The zero-order valence-electron chi connectivity index (χ0n) is 5.25. The molecule has 1 atom stereocenters. The van der Waals surface area contributed by atoms with Gasteiger partial charge in [0.05, 0.1) is 5.00 Å². The Morgan fingerprint density at radius 1 is 1.20 bits per heavy atom. The van der Waals surface area contributed by atoms with E-state index in [4.69, 9.17) is 57.0 Å². The molecular weight excluding hydrogens is 253 g/mol. The summed E-state index contributed by atoms with van der Waals surface area (Å²) in [5, 5.41) is -0.226. The molecule has 0 aromatic heterocycles. The SMILES string of the molecule is CC(Cl)[Si](Cl)(Cl)CC(Cl)Cl. The molecule has 62 valence electrons. The van der Waals surface area contributed by atoms with Crippen LogP contribution in [-0.4, -0.2) is 16.5 Å². The Labute approximate surface area is 86.1 Å². The summed E-state index contributed by atoms with van der Waals surface area (Å²) in [6.45, 7) is -0.644. The van der Waals surface area contributed by atoms with E-state index in [1.807, 2.05) is 0 Å². The first-order chi connectivity index (χ1) is 4.36. The summed E-state index contributed by atoms with van der Waals surface area (Å²) >= 11 is 28.4. The lowest BCUT2D eigenvalue weighted by atomic mass is 10.9. The highest BCUT2D eigenvalue weighted by Gasteiger charge is 2.36. The van der Waals surface area contributed by atoms with Crippen molar-refractivity contribution in [1.82, 2.24) is 0 Å². The van der Waals surface area contributed by atoms with Gasteiger partial charge in [-0.25, -0.2) is 0 Å². The summed E-state index contributed by atoms with van der Waals surface area (Å²) in [6.07, 6.45) is 0. The van der Waals surface area contributed by atoms with Gasteiger partial charge in [-0.15, -0.1) is 57.0 Å². The standard InChI is InChI=1S/C4H7Cl5Si/c1-3(5)10(8,9)2-4(6)7/h3-4H,2H2,1H3. The first-order valence-corrected chi connectivity index (χ1v) is 8.28. The summed E-state index contributed by atoms with van der Waals surface area (Å²) in [5.41, 5.74) is 0. The molecule has 0 aliphatic carbocycles. The van der Waals surface area contributed by atoms with Crippen LogP contribution in [0.15, 0.2) is 0 Å². The molecule has 0 fully saturated rings. The highest BCUT2D eigenvalue weighted by molar-refractivity contribution is 7.47. The third-order valence-corrected chi connectivity index (χ3v) is 8.63. The molecule has 0 saturated heterocycles. The minimum Gasteiger partial charge on any atom is -0.144 e. The highest BCUT2D eigenvalue weighted by Crippen LogP contribution is 2.32. The molecule has 0 spiro atoms. The van der Waals surface area contributed by atoms with E-state index in [1.165, 1.54) is 0 Å². The van der Waals surface area contributed by atoms with Gasteiger partial charge in [0.1, 0.15) is 4.84 Å². The smallest absolute Gasteiger partial charge is 0.144 e. The number of rotatable bonds is 3. The lowest BCUT2D eigenvalue weighted by Crippen LogP contribution is -2.32. The second kappa shape index (κ2) is 4.63. The molecule has 0 saturated carbocycles. The van der Waals surface area contributed by atoms with Gasteiger partial charge in [0, 0.05) is 6.04 Å². The molecule has 0 aromatic rings. The predicted molar refractivity (Wildman–Crippen MR) is 53.1 cm³/mol. The highest BCUT2D eigenvalue weighted by atomic mass is 35.7. The van der Waals surface area contributed by atoms with Gasteiger partial charge in [0.2, 0.25) is 0 Å². The molecule has 0 heterocycles. The van der Waals surface area contributed by atoms with Crippen LogP contribution in [0.1, 0.15) is 6.92 Å². The average molecular weight is 260 g/mol. The van der Waals surface area contributed by atoms with Crippen LogP contribution in [0.5, 0.6) is 0 Å². The molecule has 0 aliphatic heterocycles. The minimum atomic E-state index is -2.40. The Hall–Kier alpha value is 1.67. The first kappa shape index (κ1) is 11.7. The summed E-state index contributed by atoms with van der Waals surface area (Å²) < 4.78 is 0. The molecule has 0 bridgehead atoms. The zero-order chi connectivity index (χ0) is 8.36. The second-order valence-electron chi connectivity index (χ2n) is 1.97. The predicted octanol–water partition coefficient (Wildman–Crippen LogP) is 3.88. The van der Waals surface area contributed by atoms with Crippen molar-refractivity contribution in [3.05, 3.63) is 0 Å². The molecular formula is C4H7Cl5Si. The van der Waals surface area contributed by atoms with E-state index >= 15 is 0 Å². The maximum absolute atomic E-state index is 5.87. The van der Waals surface area contributed by atoms with Crippen molar-refractivity contribution in [1.29, 1.82) is 0 Å². The molecule has 6 heteroatoms. The summed E-state index contributed by atoms with van der Waals surface area (Å²) in [7, 11) is 0. The maximum atomic E-state index is 5.87. The molecule has 0 aromatic carbocycles.